The van der Waals surface area contributed by atoms with Crippen LogP contribution in [0.15, 0.2) is 15.9 Å². The zero-order valence-electron chi connectivity index (χ0n) is 9.67. The average molecular weight is 333 g/mol. The Labute approximate surface area is 120 Å². The molecule has 1 aliphatic rings. The topological polar surface area (TPSA) is 24.1 Å². The number of thiophene rings is 1. The number of halogens is 1. The van der Waals surface area contributed by atoms with E-state index in [0.29, 0.717) is 6.04 Å². The van der Waals surface area contributed by atoms with Gasteiger partial charge in [-0.2, -0.15) is 0 Å². The van der Waals surface area contributed by atoms with E-state index in [-0.39, 0.29) is 0 Å². The summed E-state index contributed by atoms with van der Waals surface area (Å²) in [5, 5.41) is 9.56. The molecule has 2 rings (SSSR count). The molecule has 0 aromatic carbocycles. The van der Waals surface area contributed by atoms with Gasteiger partial charge in [0.1, 0.15) is 0 Å². The van der Waals surface area contributed by atoms with E-state index in [1.165, 1.54) is 37.0 Å². The lowest BCUT2D eigenvalue weighted by molar-refractivity contribution is 0.412. The predicted octanol–water partition coefficient (Wildman–Crippen LogP) is 3.81. The third-order valence-corrected chi connectivity index (χ3v) is 5.23. The molecule has 2 N–H and O–H groups in total. The quantitative estimate of drug-likeness (QED) is 0.823. The summed E-state index contributed by atoms with van der Waals surface area (Å²) in [5.74, 6) is 0. The minimum absolute atomic E-state index is 0.579. The lowest BCUT2D eigenvalue weighted by Gasteiger charge is -2.24. The molecule has 0 atom stereocenters. The maximum atomic E-state index is 5.32. The Morgan fingerprint density at radius 2 is 2.18 bits per heavy atom. The summed E-state index contributed by atoms with van der Waals surface area (Å²) in [4.78, 5) is 1.29. The summed E-state index contributed by atoms with van der Waals surface area (Å²) in [5.41, 5.74) is 0. The largest absolute Gasteiger partial charge is 0.360 e. The highest BCUT2D eigenvalue weighted by molar-refractivity contribution is 9.10. The number of thiocarbonyl (C=S) groups is 1. The first kappa shape index (κ1) is 13.3. The van der Waals surface area contributed by atoms with E-state index in [2.05, 4.69) is 38.0 Å². The van der Waals surface area contributed by atoms with Crippen molar-refractivity contribution in [1.82, 2.24) is 10.6 Å². The second-order valence-corrected chi connectivity index (χ2v) is 6.62. The van der Waals surface area contributed by atoms with Crippen molar-refractivity contribution in [2.24, 2.45) is 0 Å². The summed E-state index contributed by atoms with van der Waals surface area (Å²) in [6.45, 7) is 0.802. The van der Waals surface area contributed by atoms with Gasteiger partial charge in [0.15, 0.2) is 5.11 Å². The van der Waals surface area contributed by atoms with Crippen LogP contribution in [-0.4, -0.2) is 11.2 Å². The fraction of sp³-hybridized carbons (Fsp3) is 0.583. The van der Waals surface area contributed by atoms with E-state index in [1.807, 2.05) is 0 Å². The molecule has 1 aliphatic carbocycles. The Morgan fingerprint density at radius 1 is 1.41 bits per heavy atom. The maximum Gasteiger partial charge on any atom is 0.166 e. The number of nitrogens with one attached hydrogen (secondary N) is 2. The van der Waals surface area contributed by atoms with Gasteiger partial charge in [0.25, 0.3) is 0 Å². The molecule has 1 aromatic rings. The van der Waals surface area contributed by atoms with E-state index in [1.54, 1.807) is 11.3 Å². The second kappa shape index (κ2) is 6.71. The van der Waals surface area contributed by atoms with Crippen LogP contribution in [0.1, 0.15) is 37.0 Å². The highest BCUT2D eigenvalue weighted by atomic mass is 79.9. The first-order chi connectivity index (χ1) is 8.25. The molecule has 0 saturated heterocycles. The molecule has 0 radical (unpaired) electrons. The van der Waals surface area contributed by atoms with Crippen LogP contribution in [0.4, 0.5) is 0 Å². The third-order valence-electron chi connectivity index (χ3n) is 3.04. The van der Waals surface area contributed by atoms with Gasteiger partial charge in [0.05, 0.1) is 6.54 Å². The standard InChI is InChI=1S/C12H17BrN2S2/c13-10-6-7-17-11(10)8-14-12(16)15-9-4-2-1-3-5-9/h6-7,9H,1-5,8H2,(H2,14,15,16). The second-order valence-electron chi connectivity index (χ2n) is 4.35. The van der Waals surface area contributed by atoms with Crippen LogP contribution in [0.5, 0.6) is 0 Å². The fourth-order valence-corrected chi connectivity index (χ4v) is 3.77. The molecule has 0 aliphatic heterocycles. The Balaban J connectivity index is 1.72. The first-order valence-electron chi connectivity index (χ1n) is 6.02. The lowest BCUT2D eigenvalue weighted by Crippen LogP contribution is -2.42. The number of hydrogen-bond donors (Lipinski definition) is 2. The van der Waals surface area contributed by atoms with Crippen LogP contribution in [0.25, 0.3) is 0 Å². The molecule has 0 unspecified atom stereocenters. The minimum atomic E-state index is 0.579. The van der Waals surface area contributed by atoms with E-state index in [4.69, 9.17) is 12.2 Å². The number of hydrogen-bond acceptors (Lipinski definition) is 2. The summed E-state index contributed by atoms with van der Waals surface area (Å²) in [6.07, 6.45) is 6.54. The van der Waals surface area contributed by atoms with E-state index in [9.17, 15) is 0 Å². The highest BCUT2D eigenvalue weighted by Gasteiger charge is 2.13. The molecule has 0 amide bonds. The molecule has 0 bridgehead atoms. The molecule has 1 heterocycles. The van der Waals surface area contributed by atoms with Gasteiger partial charge in [0.2, 0.25) is 0 Å². The van der Waals surface area contributed by atoms with E-state index in [0.717, 1.165) is 16.1 Å². The minimum Gasteiger partial charge on any atom is -0.360 e. The van der Waals surface area contributed by atoms with E-state index < -0.39 is 0 Å². The van der Waals surface area contributed by atoms with Crippen molar-refractivity contribution in [1.29, 1.82) is 0 Å². The van der Waals surface area contributed by atoms with Crippen molar-refractivity contribution in [3.8, 4) is 0 Å². The van der Waals surface area contributed by atoms with Crippen LogP contribution in [0.3, 0.4) is 0 Å². The molecule has 17 heavy (non-hydrogen) atoms. The van der Waals surface area contributed by atoms with Gasteiger partial charge >= 0.3 is 0 Å². The van der Waals surface area contributed by atoms with Crippen molar-refractivity contribution >= 4 is 44.6 Å². The molecular weight excluding hydrogens is 316 g/mol. The smallest absolute Gasteiger partial charge is 0.166 e. The maximum absolute atomic E-state index is 5.32. The summed E-state index contributed by atoms with van der Waals surface area (Å²) in [6, 6.07) is 2.65. The van der Waals surface area contributed by atoms with Gasteiger partial charge in [-0.15, -0.1) is 11.3 Å². The molecule has 94 valence electrons. The highest BCUT2D eigenvalue weighted by Crippen LogP contribution is 2.22. The summed E-state index contributed by atoms with van der Waals surface area (Å²) >= 11 is 10.6. The molecule has 1 aromatic heterocycles. The van der Waals surface area contributed by atoms with Crippen molar-refractivity contribution in [3.05, 3.63) is 20.8 Å². The van der Waals surface area contributed by atoms with Gasteiger partial charge in [-0.3, -0.25) is 0 Å². The molecule has 1 fully saturated rings. The zero-order chi connectivity index (χ0) is 12.1. The normalized spacial score (nSPS) is 16.8. The average Bonchev–Trinajstić information content (AvgIpc) is 2.74. The van der Waals surface area contributed by atoms with Crippen LogP contribution in [-0.2, 0) is 6.54 Å². The monoisotopic (exact) mass is 332 g/mol. The van der Waals surface area contributed by atoms with Gasteiger partial charge in [-0.25, -0.2) is 0 Å². The van der Waals surface area contributed by atoms with Gasteiger partial charge in [-0.1, -0.05) is 19.3 Å². The SMILES string of the molecule is S=C(NCc1sccc1Br)NC1CCCCC1. The molecule has 0 spiro atoms. The van der Waals surface area contributed by atoms with Gasteiger partial charge < -0.3 is 10.6 Å². The first-order valence-corrected chi connectivity index (χ1v) is 8.10. The predicted molar refractivity (Wildman–Crippen MR) is 81.5 cm³/mol. The molecule has 2 nitrogen and oxygen atoms in total. The van der Waals surface area contributed by atoms with Crippen LogP contribution in [0.2, 0.25) is 0 Å². The van der Waals surface area contributed by atoms with Crippen LogP contribution < -0.4 is 10.6 Å². The van der Waals surface area contributed by atoms with Crippen LogP contribution >= 0.6 is 39.5 Å². The van der Waals surface area contributed by atoms with Crippen molar-refractivity contribution < 1.29 is 0 Å². The Hall–Kier alpha value is -0.130. The molecule has 1 saturated carbocycles. The molecular formula is C12H17BrN2S2. The Kier molecular flexibility index (Phi) is 5.25. The Morgan fingerprint density at radius 3 is 2.82 bits per heavy atom. The van der Waals surface area contributed by atoms with Crippen molar-refractivity contribution in [2.45, 2.75) is 44.7 Å². The summed E-state index contributed by atoms with van der Waals surface area (Å²) < 4.78 is 1.16. The summed E-state index contributed by atoms with van der Waals surface area (Å²) in [7, 11) is 0. The van der Waals surface area contributed by atoms with Crippen molar-refractivity contribution in [2.75, 3.05) is 0 Å². The Bertz CT molecular complexity index is 372. The van der Waals surface area contributed by atoms with Crippen molar-refractivity contribution in [3.63, 3.8) is 0 Å². The fourth-order valence-electron chi connectivity index (χ4n) is 2.10. The number of rotatable bonds is 3. The van der Waals surface area contributed by atoms with Gasteiger partial charge in [0, 0.05) is 15.4 Å². The zero-order valence-corrected chi connectivity index (χ0v) is 12.9. The lowest BCUT2D eigenvalue weighted by atomic mass is 9.96. The van der Waals surface area contributed by atoms with E-state index >= 15 is 0 Å². The van der Waals surface area contributed by atoms with Gasteiger partial charge in [-0.05, 0) is 52.4 Å². The van der Waals surface area contributed by atoms with Crippen LogP contribution in [0, 0.1) is 0 Å². The molecule has 5 heteroatoms. The third kappa shape index (κ3) is 4.23.